The van der Waals surface area contributed by atoms with Crippen molar-refractivity contribution < 1.29 is 4.79 Å². The van der Waals surface area contributed by atoms with Crippen LogP contribution in [0.2, 0.25) is 5.02 Å². The summed E-state index contributed by atoms with van der Waals surface area (Å²) in [5, 5.41) is 5.20. The summed E-state index contributed by atoms with van der Waals surface area (Å²) in [5.41, 5.74) is 1.81. The van der Waals surface area contributed by atoms with Gasteiger partial charge in [0.05, 0.1) is 6.04 Å². The van der Waals surface area contributed by atoms with Crippen LogP contribution in [0.25, 0.3) is 0 Å². The van der Waals surface area contributed by atoms with Gasteiger partial charge in [0, 0.05) is 30.2 Å². The van der Waals surface area contributed by atoms with Gasteiger partial charge in [-0.15, -0.1) is 0 Å². The zero-order valence-corrected chi connectivity index (χ0v) is 13.0. The summed E-state index contributed by atoms with van der Waals surface area (Å²) in [6.45, 7) is 1.52. The highest BCUT2D eigenvalue weighted by atomic mass is 35.5. The van der Waals surface area contributed by atoms with Crippen molar-refractivity contribution in [2.75, 3.05) is 13.1 Å². The molecule has 0 bridgehead atoms. The number of nitrogens with zero attached hydrogens (tertiary/aromatic N) is 3. The van der Waals surface area contributed by atoms with Crippen LogP contribution in [-0.2, 0) is 0 Å². The van der Waals surface area contributed by atoms with E-state index in [9.17, 15) is 4.79 Å². The largest absolute Gasteiger partial charge is 0.336 e. The molecule has 1 amide bonds. The number of carbonyl (C=O) groups excluding carboxylic acids is 1. The molecule has 2 fully saturated rings. The van der Waals surface area contributed by atoms with E-state index in [1.807, 2.05) is 46.1 Å². The van der Waals surface area contributed by atoms with Crippen molar-refractivity contribution in [3.05, 3.63) is 52.8 Å². The second-order valence-corrected chi connectivity index (χ2v) is 6.66. The lowest BCUT2D eigenvalue weighted by molar-refractivity contribution is 0.0594. The van der Waals surface area contributed by atoms with Crippen LogP contribution in [0.1, 0.15) is 47.3 Å². The van der Waals surface area contributed by atoms with Gasteiger partial charge in [0.1, 0.15) is 5.69 Å². The molecule has 114 valence electrons. The molecular formula is C17H18ClN3O. The fourth-order valence-corrected chi connectivity index (χ4v) is 3.18. The number of rotatable bonds is 3. The van der Waals surface area contributed by atoms with Gasteiger partial charge in [0.15, 0.2) is 0 Å². The van der Waals surface area contributed by atoms with E-state index in [-0.39, 0.29) is 5.91 Å². The molecule has 0 spiro atoms. The molecule has 2 aromatic rings. The summed E-state index contributed by atoms with van der Waals surface area (Å²) in [6, 6.07) is 10.2. The highest BCUT2D eigenvalue weighted by molar-refractivity contribution is 6.30. The van der Waals surface area contributed by atoms with E-state index in [2.05, 4.69) is 5.10 Å². The van der Waals surface area contributed by atoms with Crippen LogP contribution in [0.3, 0.4) is 0 Å². The minimum Gasteiger partial charge on any atom is -0.336 e. The van der Waals surface area contributed by atoms with Crippen LogP contribution >= 0.6 is 11.6 Å². The van der Waals surface area contributed by atoms with Gasteiger partial charge in [-0.05, 0) is 43.0 Å². The number of hydrogen-bond donors (Lipinski definition) is 0. The summed E-state index contributed by atoms with van der Waals surface area (Å²) in [4.78, 5) is 14.3. The van der Waals surface area contributed by atoms with Crippen molar-refractivity contribution in [2.24, 2.45) is 0 Å². The van der Waals surface area contributed by atoms with Gasteiger partial charge in [0.2, 0.25) is 0 Å². The standard InChI is InChI=1S/C17H18ClN3O/c18-14-6-4-12(5-7-14)13-10-20(11-13)17(22)16-8-9-21(19-16)15-2-1-3-15/h4-9,13,15H,1-3,10-11H2. The lowest BCUT2D eigenvalue weighted by Gasteiger charge is -2.39. The second-order valence-electron chi connectivity index (χ2n) is 6.22. The van der Waals surface area contributed by atoms with Crippen LogP contribution in [0.5, 0.6) is 0 Å². The van der Waals surface area contributed by atoms with E-state index < -0.39 is 0 Å². The molecule has 1 aromatic carbocycles. The second kappa shape index (κ2) is 5.43. The first kappa shape index (κ1) is 13.8. The summed E-state index contributed by atoms with van der Waals surface area (Å²) in [6.07, 6.45) is 5.56. The van der Waals surface area contributed by atoms with Gasteiger partial charge >= 0.3 is 0 Å². The number of hydrogen-bond acceptors (Lipinski definition) is 2. The first-order valence-electron chi connectivity index (χ1n) is 7.80. The molecule has 0 atom stereocenters. The Kier molecular flexibility index (Phi) is 3.41. The molecule has 2 heterocycles. The number of aromatic nitrogens is 2. The molecule has 1 aliphatic heterocycles. The zero-order chi connectivity index (χ0) is 15.1. The van der Waals surface area contributed by atoms with Crippen molar-refractivity contribution in [3.8, 4) is 0 Å². The van der Waals surface area contributed by atoms with Crippen LogP contribution in [0.4, 0.5) is 0 Å². The monoisotopic (exact) mass is 315 g/mol. The first-order chi connectivity index (χ1) is 10.7. The molecule has 0 N–H and O–H groups in total. The van der Waals surface area contributed by atoms with Crippen molar-refractivity contribution in [1.82, 2.24) is 14.7 Å². The predicted octanol–water partition coefficient (Wildman–Crippen LogP) is 3.50. The fraction of sp³-hybridized carbons (Fsp3) is 0.412. The average molecular weight is 316 g/mol. The molecule has 2 aliphatic rings. The van der Waals surface area contributed by atoms with E-state index in [0.717, 1.165) is 18.1 Å². The van der Waals surface area contributed by atoms with Crippen molar-refractivity contribution in [2.45, 2.75) is 31.2 Å². The van der Waals surface area contributed by atoms with Gasteiger partial charge in [-0.2, -0.15) is 5.10 Å². The van der Waals surface area contributed by atoms with Gasteiger partial charge in [-0.1, -0.05) is 23.7 Å². The maximum absolute atomic E-state index is 12.4. The maximum atomic E-state index is 12.4. The molecule has 1 aromatic heterocycles. The summed E-state index contributed by atoms with van der Waals surface area (Å²) in [7, 11) is 0. The van der Waals surface area contributed by atoms with Gasteiger partial charge in [-0.3, -0.25) is 9.48 Å². The minimum atomic E-state index is 0.0447. The Balaban J connectivity index is 1.38. The Labute approximate surface area is 134 Å². The molecule has 1 aliphatic carbocycles. The Hall–Kier alpha value is -1.81. The van der Waals surface area contributed by atoms with E-state index in [0.29, 0.717) is 17.7 Å². The molecule has 4 rings (SSSR count). The number of benzene rings is 1. The first-order valence-corrected chi connectivity index (χ1v) is 8.18. The lowest BCUT2D eigenvalue weighted by Crippen LogP contribution is -2.48. The van der Waals surface area contributed by atoms with E-state index in [4.69, 9.17) is 11.6 Å². The number of amides is 1. The number of halogens is 1. The SMILES string of the molecule is O=C(c1ccn(C2CCC2)n1)N1CC(c2ccc(Cl)cc2)C1. The summed E-state index contributed by atoms with van der Waals surface area (Å²) < 4.78 is 1.95. The lowest BCUT2D eigenvalue weighted by atomic mass is 9.91. The van der Waals surface area contributed by atoms with Gasteiger partial charge < -0.3 is 4.90 Å². The highest BCUT2D eigenvalue weighted by Crippen LogP contribution is 2.32. The molecule has 1 saturated heterocycles. The van der Waals surface area contributed by atoms with Crippen LogP contribution < -0.4 is 0 Å². The molecule has 4 nitrogen and oxygen atoms in total. The van der Waals surface area contributed by atoms with Crippen molar-refractivity contribution in [3.63, 3.8) is 0 Å². The minimum absolute atomic E-state index is 0.0447. The van der Waals surface area contributed by atoms with Gasteiger partial charge in [0.25, 0.3) is 5.91 Å². The quantitative estimate of drug-likeness (QED) is 0.869. The normalized spacial score (nSPS) is 18.9. The van der Waals surface area contributed by atoms with E-state index >= 15 is 0 Å². The summed E-state index contributed by atoms with van der Waals surface area (Å²) >= 11 is 5.91. The van der Waals surface area contributed by atoms with Crippen molar-refractivity contribution in [1.29, 1.82) is 0 Å². The topological polar surface area (TPSA) is 38.1 Å². The van der Waals surface area contributed by atoms with E-state index in [1.54, 1.807) is 0 Å². The Morgan fingerprint density at radius 3 is 2.50 bits per heavy atom. The summed E-state index contributed by atoms with van der Waals surface area (Å²) in [5.74, 6) is 0.457. The third-order valence-electron chi connectivity index (χ3n) is 4.79. The van der Waals surface area contributed by atoms with Crippen LogP contribution in [-0.4, -0.2) is 33.7 Å². The van der Waals surface area contributed by atoms with Crippen LogP contribution in [0.15, 0.2) is 36.5 Å². The zero-order valence-electron chi connectivity index (χ0n) is 12.3. The Morgan fingerprint density at radius 2 is 1.86 bits per heavy atom. The Morgan fingerprint density at radius 1 is 1.14 bits per heavy atom. The molecule has 0 unspecified atom stereocenters. The predicted molar refractivity (Wildman–Crippen MR) is 85.2 cm³/mol. The number of carbonyl (C=O) groups is 1. The maximum Gasteiger partial charge on any atom is 0.274 e. The van der Waals surface area contributed by atoms with Gasteiger partial charge in [-0.25, -0.2) is 0 Å². The van der Waals surface area contributed by atoms with Crippen molar-refractivity contribution >= 4 is 17.5 Å². The van der Waals surface area contributed by atoms with Crippen LogP contribution in [0, 0.1) is 0 Å². The Bertz CT molecular complexity index is 684. The fourth-order valence-electron chi connectivity index (χ4n) is 3.06. The average Bonchev–Trinajstić information content (AvgIpc) is 2.86. The molecule has 1 saturated carbocycles. The molecular weight excluding hydrogens is 298 g/mol. The molecule has 0 radical (unpaired) electrons. The number of likely N-dealkylation sites (tertiary alicyclic amines) is 1. The van der Waals surface area contributed by atoms with E-state index in [1.165, 1.54) is 24.8 Å². The third kappa shape index (κ3) is 2.41. The molecule has 22 heavy (non-hydrogen) atoms. The highest BCUT2D eigenvalue weighted by Gasteiger charge is 2.33. The third-order valence-corrected chi connectivity index (χ3v) is 5.04. The smallest absolute Gasteiger partial charge is 0.274 e. The molecule has 5 heteroatoms.